The number of carbonyl (C=O) groups is 1. The summed E-state index contributed by atoms with van der Waals surface area (Å²) in [6.07, 6.45) is 1.86. The fourth-order valence-corrected chi connectivity index (χ4v) is 2.10. The summed E-state index contributed by atoms with van der Waals surface area (Å²) in [5, 5.41) is 15.4. The molecule has 0 bridgehead atoms. The molecule has 0 unspecified atom stereocenters. The Labute approximate surface area is 102 Å². The molecule has 0 saturated carbocycles. The Bertz CT molecular complexity index is 403. The van der Waals surface area contributed by atoms with Crippen LogP contribution in [-0.2, 0) is 4.79 Å². The fraction of sp³-hybridized carbons (Fsp3) is 0.364. The van der Waals surface area contributed by atoms with Crippen molar-refractivity contribution in [2.24, 2.45) is 0 Å². The maximum Gasteiger partial charge on any atom is 0.241 e. The minimum absolute atomic E-state index is 0.0783. The number of hydrogen-bond acceptors (Lipinski definition) is 3. The molecule has 1 aliphatic heterocycles. The van der Waals surface area contributed by atoms with E-state index in [0.717, 1.165) is 23.9 Å². The lowest BCUT2D eigenvalue weighted by molar-refractivity contribution is -0.117. The van der Waals surface area contributed by atoms with Crippen LogP contribution in [-0.4, -0.2) is 23.6 Å². The Morgan fingerprint density at radius 1 is 1.56 bits per heavy atom. The Balaban J connectivity index is 2.07. The number of rotatable bonds is 2. The fourth-order valence-electron chi connectivity index (χ4n) is 1.74. The number of carbonyl (C=O) groups excluding carboxylic acids is 1. The third-order valence-electron chi connectivity index (χ3n) is 2.59. The normalized spacial score (nSPS) is 19.7. The van der Waals surface area contributed by atoms with Gasteiger partial charge in [-0.25, -0.2) is 0 Å². The summed E-state index contributed by atoms with van der Waals surface area (Å²) in [6, 6.07) is 4.81. The Morgan fingerprint density at radius 3 is 3.06 bits per heavy atom. The summed E-state index contributed by atoms with van der Waals surface area (Å²) in [7, 11) is 0. The molecule has 0 aliphatic carbocycles. The molecule has 1 amide bonds. The molecule has 16 heavy (non-hydrogen) atoms. The number of phenolic OH excluding ortho intramolecular Hbond substituents is 1. The molecule has 1 heterocycles. The highest BCUT2D eigenvalue weighted by molar-refractivity contribution is 9.10. The highest BCUT2D eigenvalue weighted by Crippen LogP contribution is 2.27. The second-order valence-corrected chi connectivity index (χ2v) is 4.72. The highest BCUT2D eigenvalue weighted by Gasteiger charge is 2.22. The standard InChI is InChI=1S/C11H13BrN2O2/c12-7-3-4-10(15)9(6-7)14-11(16)8-2-1-5-13-8/h3-4,6,8,13,15H,1-2,5H2,(H,14,16)/t8-/m1/s1. The van der Waals surface area contributed by atoms with E-state index >= 15 is 0 Å². The summed E-state index contributed by atoms with van der Waals surface area (Å²) in [6.45, 7) is 0.878. The first-order chi connectivity index (χ1) is 7.66. The van der Waals surface area contributed by atoms with Gasteiger partial charge >= 0.3 is 0 Å². The molecule has 1 aliphatic rings. The van der Waals surface area contributed by atoms with E-state index in [-0.39, 0.29) is 17.7 Å². The average molecular weight is 285 g/mol. The predicted molar refractivity (Wildman–Crippen MR) is 65.5 cm³/mol. The molecule has 0 spiro atoms. The Morgan fingerprint density at radius 2 is 2.38 bits per heavy atom. The maximum atomic E-state index is 11.8. The number of amides is 1. The summed E-state index contributed by atoms with van der Waals surface area (Å²) < 4.78 is 0.819. The van der Waals surface area contributed by atoms with Crippen LogP contribution in [0.3, 0.4) is 0 Å². The third-order valence-corrected chi connectivity index (χ3v) is 3.09. The van der Waals surface area contributed by atoms with Crippen molar-refractivity contribution in [1.29, 1.82) is 0 Å². The first-order valence-electron chi connectivity index (χ1n) is 5.19. The van der Waals surface area contributed by atoms with E-state index in [9.17, 15) is 9.90 Å². The van der Waals surface area contributed by atoms with Crippen LogP contribution in [0.2, 0.25) is 0 Å². The molecule has 4 nitrogen and oxygen atoms in total. The van der Waals surface area contributed by atoms with Gasteiger partial charge in [0.2, 0.25) is 5.91 Å². The van der Waals surface area contributed by atoms with Crippen molar-refractivity contribution >= 4 is 27.5 Å². The van der Waals surface area contributed by atoms with E-state index < -0.39 is 0 Å². The number of anilines is 1. The molecule has 2 rings (SSSR count). The molecule has 1 fully saturated rings. The first kappa shape index (κ1) is 11.4. The van der Waals surface area contributed by atoms with E-state index in [4.69, 9.17) is 0 Å². The lowest BCUT2D eigenvalue weighted by Crippen LogP contribution is -2.35. The highest BCUT2D eigenvalue weighted by atomic mass is 79.9. The number of hydrogen-bond donors (Lipinski definition) is 3. The number of benzene rings is 1. The minimum atomic E-state index is -0.140. The molecular weight excluding hydrogens is 272 g/mol. The zero-order valence-electron chi connectivity index (χ0n) is 8.66. The van der Waals surface area contributed by atoms with Gasteiger partial charge in [0.25, 0.3) is 0 Å². The van der Waals surface area contributed by atoms with Crippen molar-refractivity contribution in [1.82, 2.24) is 5.32 Å². The van der Waals surface area contributed by atoms with Gasteiger partial charge in [-0.2, -0.15) is 0 Å². The van der Waals surface area contributed by atoms with Gasteiger partial charge in [-0.15, -0.1) is 0 Å². The number of phenols is 1. The lowest BCUT2D eigenvalue weighted by atomic mass is 10.2. The van der Waals surface area contributed by atoms with Crippen LogP contribution in [0.5, 0.6) is 5.75 Å². The Hall–Kier alpha value is -1.07. The molecule has 1 aromatic carbocycles. The van der Waals surface area contributed by atoms with Gasteiger partial charge in [-0.3, -0.25) is 4.79 Å². The van der Waals surface area contributed by atoms with Gasteiger partial charge in [0.1, 0.15) is 5.75 Å². The van der Waals surface area contributed by atoms with Gasteiger partial charge < -0.3 is 15.7 Å². The zero-order valence-corrected chi connectivity index (χ0v) is 10.3. The van der Waals surface area contributed by atoms with Gasteiger partial charge in [-0.05, 0) is 37.6 Å². The van der Waals surface area contributed by atoms with Crippen LogP contribution in [0, 0.1) is 0 Å². The maximum absolute atomic E-state index is 11.8. The second kappa shape index (κ2) is 4.84. The molecule has 1 atom stereocenters. The molecule has 86 valence electrons. The van der Waals surface area contributed by atoms with Crippen molar-refractivity contribution in [2.45, 2.75) is 18.9 Å². The SMILES string of the molecule is O=C(Nc1cc(Br)ccc1O)[C@H]1CCCN1. The molecule has 0 radical (unpaired) electrons. The molecule has 3 N–H and O–H groups in total. The minimum Gasteiger partial charge on any atom is -0.506 e. The molecule has 1 saturated heterocycles. The van der Waals surface area contributed by atoms with Crippen LogP contribution in [0.1, 0.15) is 12.8 Å². The summed E-state index contributed by atoms with van der Waals surface area (Å²) >= 11 is 3.29. The zero-order chi connectivity index (χ0) is 11.5. The molecule has 5 heteroatoms. The summed E-state index contributed by atoms with van der Waals surface area (Å²) in [4.78, 5) is 11.8. The Kier molecular flexibility index (Phi) is 3.46. The van der Waals surface area contributed by atoms with Crippen LogP contribution in [0.15, 0.2) is 22.7 Å². The third kappa shape index (κ3) is 2.54. The lowest BCUT2D eigenvalue weighted by Gasteiger charge is -2.12. The summed E-state index contributed by atoms with van der Waals surface area (Å²) in [5.74, 6) is -0.0135. The van der Waals surface area contributed by atoms with Gasteiger partial charge in [-0.1, -0.05) is 15.9 Å². The van der Waals surface area contributed by atoms with E-state index in [1.54, 1.807) is 18.2 Å². The number of nitrogens with one attached hydrogen (secondary N) is 2. The van der Waals surface area contributed by atoms with Crippen LogP contribution in [0.4, 0.5) is 5.69 Å². The average Bonchev–Trinajstić information content (AvgIpc) is 2.76. The number of aromatic hydroxyl groups is 1. The topological polar surface area (TPSA) is 61.4 Å². The second-order valence-electron chi connectivity index (χ2n) is 3.80. The smallest absolute Gasteiger partial charge is 0.241 e. The molecule has 0 aromatic heterocycles. The van der Waals surface area contributed by atoms with Crippen molar-refractivity contribution in [3.63, 3.8) is 0 Å². The largest absolute Gasteiger partial charge is 0.506 e. The molecular formula is C11H13BrN2O2. The van der Waals surface area contributed by atoms with E-state index in [1.807, 2.05) is 0 Å². The van der Waals surface area contributed by atoms with Gasteiger partial charge in [0, 0.05) is 4.47 Å². The van der Waals surface area contributed by atoms with Crippen LogP contribution < -0.4 is 10.6 Å². The van der Waals surface area contributed by atoms with Crippen molar-refractivity contribution < 1.29 is 9.90 Å². The van der Waals surface area contributed by atoms with Crippen LogP contribution in [0.25, 0.3) is 0 Å². The predicted octanol–water partition coefficient (Wildman–Crippen LogP) is 1.85. The monoisotopic (exact) mass is 284 g/mol. The first-order valence-corrected chi connectivity index (χ1v) is 5.99. The van der Waals surface area contributed by atoms with E-state index in [0.29, 0.717) is 5.69 Å². The van der Waals surface area contributed by atoms with E-state index in [2.05, 4.69) is 26.6 Å². The quantitative estimate of drug-likeness (QED) is 0.727. The van der Waals surface area contributed by atoms with Gasteiger partial charge in [0.05, 0.1) is 11.7 Å². The summed E-state index contributed by atoms with van der Waals surface area (Å²) in [5.41, 5.74) is 0.438. The van der Waals surface area contributed by atoms with Crippen molar-refractivity contribution in [2.75, 3.05) is 11.9 Å². The van der Waals surface area contributed by atoms with Crippen LogP contribution >= 0.6 is 15.9 Å². The van der Waals surface area contributed by atoms with Crippen molar-refractivity contribution in [3.05, 3.63) is 22.7 Å². The van der Waals surface area contributed by atoms with E-state index in [1.165, 1.54) is 0 Å². The van der Waals surface area contributed by atoms with Crippen molar-refractivity contribution in [3.8, 4) is 5.75 Å². The molecule has 1 aromatic rings. The van der Waals surface area contributed by atoms with Gasteiger partial charge in [0.15, 0.2) is 0 Å². The number of halogens is 1.